The molecule has 0 aliphatic rings. The molecular weight excluding hydrogens is 674 g/mol. The molecule has 0 aliphatic carbocycles. The zero-order valence-corrected chi connectivity index (χ0v) is 28.6. The summed E-state index contributed by atoms with van der Waals surface area (Å²) < 4.78 is 30.1. The van der Waals surface area contributed by atoms with Gasteiger partial charge in [-0.1, -0.05) is 102 Å². The molecule has 0 aromatic heterocycles. The third-order valence-electron chi connectivity index (χ3n) is 7.20. The van der Waals surface area contributed by atoms with Crippen molar-refractivity contribution in [3.63, 3.8) is 0 Å². The lowest BCUT2D eigenvalue weighted by Gasteiger charge is -2.34. The molecule has 4 aromatic rings. The van der Waals surface area contributed by atoms with Crippen LogP contribution in [0.5, 0.6) is 0 Å². The summed E-state index contributed by atoms with van der Waals surface area (Å²) in [6, 6.07) is 28.8. The second kappa shape index (κ2) is 15.6. The van der Waals surface area contributed by atoms with Gasteiger partial charge in [-0.15, -0.1) is 0 Å². The van der Waals surface area contributed by atoms with Crippen molar-refractivity contribution in [1.29, 1.82) is 0 Å². The molecule has 0 saturated heterocycles. The second-order valence-corrected chi connectivity index (χ2v) is 14.5. The molecule has 0 fully saturated rings. The van der Waals surface area contributed by atoms with Gasteiger partial charge in [0.25, 0.3) is 10.0 Å². The summed E-state index contributed by atoms with van der Waals surface area (Å²) in [7, 11) is -4.17. The molecule has 1 N–H and O–H groups in total. The molecule has 0 bridgehead atoms. The average molecular weight is 711 g/mol. The number of nitrogens with one attached hydrogen (secondary N) is 1. The molecule has 1 atom stereocenters. The molecule has 0 radical (unpaired) electrons. The summed E-state index contributed by atoms with van der Waals surface area (Å²) in [5.41, 5.74) is 2.80. The van der Waals surface area contributed by atoms with E-state index in [2.05, 4.69) is 21.2 Å². The van der Waals surface area contributed by atoms with Crippen molar-refractivity contribution in [1.82, 2.24) is 10.2 Å². The minimum absolute atomic E-state index is 0.0464. The number of rotatable bonds is 13. The normalized spacial score (nSPS) is 12.0. The van der Waals surface area contributed by atoms with Crippen LogP contribution in [0.15, 0.2) is 112 Å². The zero-order valence-electron chi connectivity index (χ0n) is 25.5. The summed E-state index contributed by atoms with van der Waals surface area (Å²) in [4.78, 5) is 29.8. The largest absolute Gasteiger partial charge is 0.354 e. The number of carbonyl (C=O) groups excluding carboxylic acids is 2. The van der Waals surface area contributed by atoms with Gasteiger partial charge < -0.3 is 10.2 Å². The summed E-state index contributed by atoms with van der Waals surface area (Å²) in [6.07, 6.45) is 0.236. The van der Waals surface area contributed by atoms with E-state index in [9.17, 15) is 18.0 Å². The Bertz CT molecular complexity index is 1700. The van der Waals surface area contributed by atoms with Crippen LogP contribution in [0.1, 0.15) is 30.5 Å². The fraction of sp³-hybridized carbons (Fsp3) is 0.257. The van der Waals surface area contributed by atoms with E-state index >= 15 is 0 Å². The SMILES string of the molecule is Cc1ccc(S(=O)(=O)N(CC(=O)N(Cc2cccc(Cl)c2)[C@@H](Cc2ccccc2)C(=O)NCC(C)C)c2ccc(Br)cc2)cc1. The van der Waals surface area contributed by atoms with Crippen LogP contribution in [0, 0.1) is 12.8 Å². The lowest BCUT2D eigenvalue weighted by Crippen LogP contribution is -2.53. The standard InChI is InChI=1S/C35H37BrClN3O4S/c1-25(2)22-38-35(42)33(21-27-8-5-4-6-9-27)39(23-28-10-7-11-30(37)20-28)34(41)24-40(31-16-14-29(36)15-17-31)45(43,44)32-18-12-26(3)13-19-32/h4-20,25,33H,21-24H2,1-3H3,(H,38,42)/t33-/m0/s1. The molecule has 0 spiro atoms. The Morgan fingerprint density at radius 1 is 0.867 bits per heavy atom. The van der Waals surface area contributed by atoms with E-state index in [0.717, 1.165) is 19.9 Å². The number of carbonyl (C=O) groups is 2. The molecule has 236 valence electrons. The molecule has 2 amide bonds. The number of aryl methyl sites for hydroxylation is 1. The number of benzene rings is 4. The predicted octanol–water partition coefficient (Wildman–Crippen LogP) is 7.02. The molecule has 0 heterocycles. The number of amides is 2. The van der Waals surface area contributed by atoms with E-state index in [0.29, 0.717) is 22.8 Å². The maximum Gasteiger partial charge on any atom is 0.264 e. The van der Waals surface area contributed by atoms with E-state index in [1.165, 1.54) is 17.0 Å². The van der Waals surface area contributed by atoms with Crippen LogP contribution in [-0.2, 0) is 32.6 Å². The zero-order chi connectivity index (χ0) is 32.6. The fourth-order valence-electron chi connectivity index (χ4n) is 4.78. The van der Waals surface area contributed by atoms with Gasteiger partial charge in [0.2, 0.25) is 11.8 Å². The first-order valence-corrected chi connectivity index (χ1v) is 17.3. The highest BCUT2D eigenvalue weighted by Gasteiger charge is 2.34. The predicted molar refractivity (Wildman–Crippen MR) is 184 cm³/mol. The summed E-state index contributed by atoms with van der Waals surface area (Å²) in [6.45, 7) is 5.81. The minimum atomic E-state index is -4.17. The molecule has 4 rings (SSSR count). The number of nitrogens with zero attached hydrogens (tertiary/aromatic N) is 2. The van der Waals surface area contributed by atoms with Gasteiger partial charge in [0.1, 0.15) is 12.6 Å². The highest BCUT2D eigenvalue weighted by atomic mass is 79.9. The summed E-state index contributed by atoms with van der Waals surface area (Å²) >= 11 is 9.71. The highest BCUT2D eigenvalue weighted by Crippen LogP contribution is 2.27. The molecular formula is C35H37BrClN3O4S. The van der Waals surface area contributed by atoms with Crippen molar-refractivity contribution in [3.05, 3.63) is 129 Å². The maximum atomic E-state index is 14.5. The molecule has 0 aliphatic heterocycles. The highest BCUT2D eigenvalue weighted by molar-refractivity contribution is 9.10. The van der Waals surface area contributed by atoms with Crippen molar-refractivity contribution in [3.8, 4) is 0 Å². The topological polar surface area (TPSA) is 86.8 Å². The minimum Gasteiger partial charge on any atom is -0.354 e. The van der Waals surface area contributed by atoms with E-state index in [-0.39, 0.29) is 29.7 Å². The Hall–Kier alpha value is -3.66. The first-order chi connectivity index (χ1) is 21.4. The van der Waals surface area contributed by atoms with Crippen LogP contribution in [0.4, 0.5) is 5.69 Å². The van der Waals surface area contributed by atoms with Gasteiger partial charge in [0, 0.05) is 29.0 Å². The smallest absolute Gasteiger partial charge is 0.264 e. The lowest BCUT2D eigenvalue weighted by molar-refractivity contribution is -0.140. The van der Waals surface area contributed by atoms with Gasteiger partial charge in [-0.3, -0.25) is 13.9 Å². The van der Waals surface area contributed by atoms with Crippen LogP contribution in [0.3, 0.4) is 0 Å². The lowest BCUT2D eigenvalue weighted by atomic mass is 10.0. The van der Waals surface area contributed by atoms with E-state index in [1.54, 1.807) is 54.6 Å². The van der Waals surface area contributed by atoms with Crippen LogP contribution >= 0.6 is 27.5 Å². The fourth-order valence-corrected chi connectivity index (χ4v) is 6.67. The van der Waals surface area contributed by atoms with Crippen LogP contribution in [-0.4, -0.2) is 44.3 Å². The Labute approximate surface area is 279 Å². The maximum absolute atomic E-state index is 14.5. The molecule has 45 heavy (non-hydrogen) atoms. The summed E-state index contributed by atoms with van der Waals surface area (Å²) in [5, 5.41) is 3.48. The average Bonchev–Trinajstić information content (AvgIpc) is 3.01. The molecule has 0 unspecified atom stereocenters. The molecule has 10 heteroatoms. The monoisotopic (exact) mass is 709 g/mol. The van der Waals surface area contributed by atoms with Crippen molar-refractivity contribution < 1.29 is 18.0 Å². The number of sulfonamides is 1. The van der Waals surface area contributed by atoms with Gasteiger partial charge in [0.05, 0.1) is 10.6 Å². The van der Waals surface area contributed by atoms with Crippen LogP contribution in [0.25, 0.3) is 0 Å². The third-order valence-corrected chi connectivity index (χ3v) is 9.75. The second-order valence-electron chi connectivity index (χ2n) is 11.3. The number of hydrogen-bond acceptors (Lipinski definition) is 4. The first kappa shape index (κ1) is 34.2. The molecule has 7 nitrogen and oxygen atoms in total. The Kier molecular flexibility index (Phi) is 11.8. The summed E-state index contributed by atoms with van der Waals surface area (Å²) in [5.74, 6) is -0.662. The third kappa shape index (κ3) is 9.42. The van der Waals surface area contributed by atoms with Crippen LogP contribution < -0.4 is 9.62 Å². The van der Waals surface area contributed by atoms with Gasteiger partial charge in [-0.2, -0.15) is 0 Å². The quantitative estimate of drug-likeness (QED) is 0.162. The Morgan fingerprint density at radius 3 is 2.13 bits per heavy atom. The Balaban J connectivity index is 1.79. The number of anilines is 1. The van der Waals surface area contributed by atoms with Crippen LogP contribution in [0.2, 0.25) is 5.02 Å². The molecule has 4 aromatic carbocycles. The van der Waals surface area contributed by atoms with Crippen molar-refractivity contribution in [2.24, 2.45) is 5.92 Å². The number of hydrogen-bond donors (Lipinski definition) is 1. The molecule has 0 saturated carbocycles. The number of halogens is 2. The van der Waals surface area contributed by atoms with Crippen molar-refractivity contribution >= 4 is 55.1 Å². The van der Waals surface area contributed by atoms with Gasteiger partial charge >= 0.3 is 0 Å². The van der Waals surface area contributed by atoms with Gasteiger partial charge in [-0.25, -0.2) is 8.42 Å². The van der Waals surface area contributed by atoms with E-state index in [4.69, 9.17) is 11.6 Å². The van der Waals surface area contributed by atoms with E-state index < -0.39 is 28.5 Å². The van der Waals surface area contributed by atoms with Gasteiger partial charge in [-0.05, 0) is 72.5 Å². The van der Waals surface area contributed by atoms with Gasteiger partial charge in [0.15, 0.2) is 0 Å². The van der Waals surface area contributed by atoms with E-state index in [1.807, 2.05) is 57.2 Å². The van der Waals surface area contributed by atoms with Crippen molar-refractivity contribution in [2.45, 2.75) is 44.7 Å². The first-order valence-electron chi connectivity index (χ1n) is 14.6. The Morgan fingerprint density at radius 2 is 1.51 bits per heavy atom. The van der Waals surface area contributed by atoms with Crippen molar-refractivity contribution in [2.75, 3.05) is 17.4 Å².